The molecule has 3 heterocycles. The van der Waals surface area contributed by atoms with E-state index in [-0.39, 0.29) is 0 Å². The molecule has 0 bridgehead atoms. The van der Waals surface area contributed by atoms with E-state index in [2.05, 4.69) is 15.1 Å². The van der Waals surface area contributed by atoms with E-state index in [1.165, 1.54) is 0 Å². The van der Waals surface area contributed by atoms with Crippen molar-refractivity contribution in [3.05, 3.63) is 54.5 Å². The third-order valence-electron chi connectivity index (χ3n) is 3.47. The van der Waals surface area contributed by atoms with Crippen molar-refractivity contribution in [3.8, 4) is 0 Å². The van der Waals surface area contributed by atoms with Gasteiger partial charge in [0.15, 0.2) is 0 Å². The molecule has 3 rings (SSSR count). The molecule has 0 fully saturated rings. The monoisotopic (exact) mass is 282 g/mol. The molecule has 2 unspecified atom stereocenters. The largest absolute Gasteiger partial charge is 0.481 e. The summed E-state index contributed by atoms with van der Waals surface area (Å²) in [5.74, 6) is -0.991. The van der Waals surface area contributed by atoms with Gasteiger partial charge in [0.25, 0.3) is 0 Å². The van der Waals surface area contributed by atoms with Gasteiger partial charge in [0.05, 0.1) is 11.8 Å². The summed E-state index contributed by atoms with van der Waals surface area (Å²) in [6.45, 7) is 1.73. The van der Waals surface area contributed by atoms with Crippen LogP contribution in [0.1, 0.15) is 18.5 Å². The lowest BCUT2D eigenvalue weighted by atomic mass is 9.91. The highest BCUT2D eigenvalue weighted by atomic mass is 16.4. The Hall–Kier alpha value is -2.76. The first-order chi connectivity index (χ1) is 10.2. The molecule has 0 radical (unpaired) electrons. The standard InChI is InChI=1S/C15H14N4O2/c1-10-13(15(20)21)14(11-5-4-7-16-9-11)19(18-10)12-6-2-3-8-17-12/h2-9,13-14H,1H3,(H,20,21). The minimum atomic E-state index is -0.900. The molecule has 106 valence electrons. The van der Waals surface area contributed by atoms with E-state index in [1.54, 1.807) is 36.6 Å². The van der Waals surface area contributed by atoms with Gasteiger partial charge in [0.1, 0.15) is 11.7 Å². The van der Waals surface area contributed by atoms with E-state index >= 15 is 0 Å². The molecule has 6 nitrogen and oxygen atoms in total. The number of carboxylic acids is 1. The summed E-state index contributed by atoms with van der Waals surface area (Å²) in [6.07, 6.45) is 4.99. The maximum atomic E-state index is 11.6. The number of hydrogen-bond donors (Lipinski definition) is 1. The van der Waals surface area contributed by atoms with E-state index in [9.17, 15) is 9.90 Å². The Kier molecular flexibility index (Phi) is 3.35. The number of carbonyl (C=O) groups is 1. The number of aliphatic carboxylic acids is 1. The predicted molar refractivity (Wildman–Crippen MR) is 77.9 cm³/mol. The van der Waals surface area contributed by atoms with Crippen LogP contribution in [-0.4, -0.2) is 26.8 Å². The first-order valence-corrected chi connectivity index (χ1v) is 6.56. The van der Waals surface area contributed by atoms with Gasteiger partial charge < -0.3 is 5.11 Å². The fourth-order valence-electron chi connectivity index (χ4n) is 2.55. The second kappa shape index (κ2) is 5.32. The molecule has 0 spiro atoms. The van der Waals surface area contributed by atoms with E-state index in [0.717, 1.165) is 5.56 Å². The van der Waals surface area contributed by atoms with Crippen molar-refractivity contribution in [2.45, 2.75) is 13.0 Å². The van der Waals surface area contributed by atoms with Crippen LogP contribution in [0.4, 0.5) is 5.82 Å². The van der Waals surface area contributed by atoms with E-state index in [1.807, 2.05) is 24.3 Å². The zero-order valence-corrected chi connectivity index (χ0v) is 11.4. The molecule has 0 saturated heterocycles. The minimum absolute atomic E-state index is 0.439. The average molecular weight is 282 g/mol. The van der Waals surface area contributed by atoms with Crippen LogP contribution in [0.25, 0.3) is 0 Å². The van der Waals surface area contributed by atoms with Gasteiger partial charge in [0.2, 0.25) is 0 Å². The molecular formula is C15H14N4O2. The SMILES string of the molecule is CC1=NN(c2ccccn2)C(c2cccnc2)C1C(=O)O. The van der Waals surface area contributed by atoms with E-state index < -0.39 is 17.9 Å². The highest BCUT2D eigenvalue weighted by Gasteiger charge is 2.42. The average Bonchev–Trinajstić information content (AvgIpc) is 2.86. The smallest absolute Gasteiger partial charge is 0.314 e. The fraction of sp³-hybridized carbons (Fsp3) is 0.200. The normalized spacial score (nSPS) is 21.2. The first-order valence-electron chi connectivity index (χ1n) is 6.56. The molecule has 0 saturated carbocycles. The van der Waals surface area contributed by atoms with Crippen molar-refractivity contribution in [3.63, 3.8) is 0 Å². The molecule has 0 aromatic carbocycles. The van der Waals surface area contributed by atoms with Gasteiger partial charge in [-0.1, -0.05) is 12.1 Å². The van der Waals surface area contributed by atoms with Crippen LogP contribution in [-0.2, 0) is 4.79 Å². The van der Waals surface area contributed by atoms with Crippen LogP contribution in [0.3, 0.4) is 0 Å². The van der Waals surface area contributed by atoms with Gasteiger partial charge >= 0.3 is 5.97 Å². The zero-order chi connectivity index (χ0) is 14.8. The Balaban J connectivity index is 2.08. The molecule has 6 heteroatoms. The molecule has 21 heavy (non-hydrogen) atoms. The van der Waals surface area contributed by atoms with Gasteiger partial charge in [-0.25, -0.2) is 9.99 Å². The highest BCUT2D eigenvalue weighted by Crippen LogP contribution is 2.38. The number of pyridine rings is 2. The molecule has 2 aromatic heterocycles. The van der Waals surface area contributed by atoms with Crippen molar-refractivity contribution in [2.24, 2.45) is 11.0 Å². The number of aromatic nitrogens is 2. The Bertz CT molecular complexity index is 673. The lowest BCUT2D eigenvalue weighted by Crippen LogP contribution is -2.30. The minimum Gasteiger partial charge on any atom is -0.481 e. The van der Waals surface area contributed by atoms with Crippen molar-refractivity contribution >= 4 is 17.5 Å². The summed E-state index contributed by atoms with van der Waals surface area (Å²) in [5, 5.41) is 15.6. The predicted octanol–water partition coefficient (Wildman–Crippen LogP) is 2.11. The number of rotatable bonds is 3. The molecule has 1 N–H and O–H groups in total. The quantitative estimate of drug-likeness (QED) is 0.932. The van der Waals surface area contributed by atoms with E-state index in [4.69, 9.17) is 0 Å². The molecular weight excluding hydrogens is 268 g/mol. The summed E-state index contributed by atoms with van der Waals surface area (Å²) >= 11 is 0. The summed E-state index contributed by atoms with van der Waals surface area (Å²) < 4.78 is 0. The van der Waals surface area contributed by atoms with E-state index in [0.29, 0.717) is 11.5 Å². The number of hydrogen-bond acceptors (Lipinski definition) is 5. The van der Waals surface area contributed by atoms with Crippen molar-refractivity contribution < 1.29 is 9.90 Å². The molecule has 0 amide bonds. The van der Waals surface area contributed by atoms with Crippen LogP contribution in [0.5, 0.6) is 0 Å². The summed E-state index contributed by atoms with van der Waals surface area (Å²) in [6, 6.07) is 8.68. The van der Waals surface area contributed by atoms with Crippen LogP contribution < -0.4 is 5.01 Å². The van der Waals surface area contributed by atoms with Gasteiger partial charge in [-0.05, 0) is 30.7 Å². The van der Waals surface area contributed by atoms with Crippen LogP contribution >= 0.6 is 0 Å². The number of hydrazone groups is 1. The second-order valence-electron chi connectivity index (χ2n) is 4.82. The topological polar surface area (TPSA) is 78.7 Å². The summed E-state index contributed by atoms with van der Waals surface area (Å²) in [5.41, 5.74) is 1.36. The zero-order valence-electron chi connectivity index (χ0n) is 11.4. The van der Waals surface area contributed by atoms with Gasteiger partial charge in [-0.15, -0.1) is 0 Å². The molecule has 0 aliphatic carbocycles. The van der Waals surface area contributed by atoms with Gasteiger partial charge in [-0.2, -0.15) is 5.10 Å². The third-order valence-corrected chi connectivity index (χ3v) is 3.47. The number of carboxylic acid groups (broad SMARTS) is 1. The van der Waals surface area contributed by atoms with Crippen LogP contribution in [0, 0.1) is 5.92 Å². The summed E-state index contributed by atoms with van der Waals surface area (Å²) in [7, 11) is 0. The van der Waals surface area contributed by atoms with Gasteiger partial charge in [-0.3, -0.25) is 9.78 Å². The Labute approximate surface area is 121 Å². The molecule has 2 aromatic rings. The second-order valence-corrected chi connectivity index (χ2v) is 4.82. The van der Waals surface area contributed by atoms with Gasteiger partial charge in [0, 0.05) is 18.6 Å². The van der Waals surface area contributed by atoms with Crippen molar-refractivity contribution in [1.82, 2.24) is 9.97 Å². The third kappa shape index (κ3) is 2.35. The highest BCUT2D eigenvalue weighted by molar-refractivity contribution is 6.03. The Morgan fingerprint density at radius 1 is 1.24 bits per heavy atom. The maximum absolute atomic E-state index is 11.6. The molecule has 2 atom stereocenters. The maximum Gasteiger partial charge on any atom is 0.314 e. The number of anilines is 1. The Morgan fingerprint density at radius 3 is 2.71 bits per heavy atom. The molecule has 1 aliphatic rings. The number of nitrogens with zero attached hydrogens (tertiary/aromatic N) is 4. The van der Waals surface area contributed by atoms with Crippen molar-refractivity contribution in [1.29, 1.82) is 0 Å². The van der Waals surface area contributed by atoms with Crippen LogP contribution in [0.15, 0.2) is 54.0 Å². The summed E-state index contributed by atoms with van der Waals surface area (Å²) in [4.78, 5) is 20.0. The fourth-order valence-corrected chi connectivity index (χ4v) is 2.55. The lowest BCUT2D eigenvalue weighted by molar-refractivity contribution is -0.139. The first kappa shape index (κ1) is 13.2. The molecule has 1 aliphatic heterocycles. The lowest BCUT2D eigenvalue weighted by Gasteiger charge is -2.25. The Morgan fingerprint density at radius 2 is 2.10 bits per heavy atom. The van der Waals surface area contributed by atoms with Crippen molar-refractivity contribution in [2.75, 3.05) is 5.01 Å². The van der Waals surface area contributed by atoms with Crippen LogP contribution in [0.2, 0.25) is 0 Å².